The molecular weight excluding hydrogens is 563 g/mol. The third-order valence-electron chi connectivity index (χ3n) is 7.77. The van der Waals surface area contributed by atoms with Crippen LogP contribution in [-0.2, 0) is 14.5 Å². The molecule has 0 radical (unpaired) electrons. The number of halogens is 2. The summed E-state index contributed by atoms with van der Waals surface area (Å²) in [6, 6.07) is 32.7. The topological polar surface area (TPSA) is 61.4 Å². The van der Waals surface area contributed by atoms with Crippen molar-refractivity contribution in [1.82, 2.24) is 30.0 Å². The molecule has 6 nitrogen and oxygen atoms in total. The van der Waals surface area contributed by atoms with Crippen LogP contribution < -0.4 is 0 Å². The molecule has 0 saturated carbocycles. The third kappa shape index (κ3) is 3.46. The van der Waals surface area contributed by atoms with Gasteiger partial charge in [-0.25, -0.2) is 0 Å². The molecule has 0 bridgehead atoms. The normalized spacial score (nSPS) is 18.3. The Bertz CT molecular complexity index is 1850. The van der Waals surface area contributed by atoms with Gasteiger partial charge in [-0.2, -0.15) is 0 Å². The molecule has 2 unspecified atom stereocenters. The molecule has 0 aliphatic heterocycles. The quantitative estimate of drug-likeness (QED) is 0.203. The molecule has 4 aromatic carbocycles. The van der Waals surface area contributed by atoms with Gasteiger partial charge in [-0.05, 0) is 0 Å². The van der Waals surface area contributed by atoms with Crippen LogP contribution in [0.1, 0.15) is 30.7 Å². The molecule has 0 saturated heterocycles. The first-order valence-corrected chi connectivity index (χ1v) is 18.8. The number of rotatable bonds is 4. The maximum absolute atomic E-state index is 7.88. The van der Waals surface area contributed by atoms with E-state index in [-0.39, 0.29) is 8.45 Å². The zero-order valence-corrected chi connectivity index (χ0v) is 23.6. The summed E-state index contributed by atoms with van der Waals surface area (Å²) >= 11 is -4.02. The standard InChI is InChI=1S/2C15H10N3.2ClH.Ti/c2*1-2-6-12-10-13(9-11(12)5-1)18-15-8-4-3-7-14(15)16-17-18;;;/h2*1-10H;2*1H;/q;;;;+2/p-2. The van der Waals surface area contributed by atoms with E-state index < -0.39 is 14.5 Å². The Morgan fingerprint density at radius 2 is 0.949 bits per heavy atom. The van der Waals surface area contributed by atoms with Crippen LogP contribution in [0.4, 0.5) is 0 Å². The Balaban J connectivity index is 1.34. The Morgan fingerprint density at radius 3 is 1.44 bits per heavy atom. The molecule has 2 aromatic heterocycles. The van der Waals surface area contributed by atoms with Crippen molar-refractivity contribution >= 4 is 64.2 Å². The second-order valence-corrected chi connectivity index (χ2v) is 19.8. The zero-order chi connectivity index (χ0) is 26.1. The van der Waals surface area contributed by atoms with Crippen molar-refractivity contribution in [1.29, 1.82) is 0 Å². The van der Waals surface area contributed by atoms with E-state index in [4.69, 9.17) is 18.6 Å². The van der Waals surface area contributed by atoms with Crippen LogP contribution in [0.5, 0.6) is 0 Å². The van der Waals surface area contributed by atoms with Gasteiger partial charge in [-0.1, -0.05) is 0 Å². The van der Waals surface area contributed by atoms with Crippen molar-refractivity contribution in [2.24, 2.45) is 0 Å². The molecule has 2 aliphatic rings. The predicted molar refractivity (Wildman–Crippen MR) is 153 cm³/mol. The molecule has 0 amide bonds. The summed E-state index contributed by atoms with van der Waals surface area (Å²) in [4.78, 5) is 0. The van der Waals surface area contributed by atoms with E-state index in [9.17, 15) is 0 Å². The van der Waals surface area contributed by atoms with Gasteiger partial charge in [0.05, 0.1) is 0 Å². The Labute approximate surface area is 235 Å². The molecule has 6 aromatic rings. The van der Waals surface area contributed by atoms with Gasteiger partial charge in [0.1, 0.15) is 0 Å². The molecule has 2 heterocycles. The molecule has 0 fully saturated rings. The van der Waals surface area contributed by atoms with Crippen LogP contribution in [-0.4, -0.2) is 30.0 Å². The van der Waals surface area contributed by atoms with Gasteiger partial charge in [0.25, 0.3) is 0 Å². The molecule has 2 aliphatic carbocycles. The summed E-state index contributed by atoms with van der Waals surface area (Å²) in [5, 5.41) is 18.0. The number of fused-ring (bicyclic) bond motifs is 4. The van der Waals surface area contributed by atoms with Gasteiger partial charge in [-0.15, -0.1) is 0 Å². The Morgan fingerprint density at radius 1 is 0.538 bits per heavy atom. The number of nitrogens with zero attached hydrogens (tertiary/aromatic N) is 6. The number of para-hydroxylation sites is 2. The third-order valence-corrected chi connectivity index (χ3v) is 15.7. The fraction of sp³-hybridized carbons (Fsp3) is 0.0667. The van der Waals surface area contributed by atoms with E-state index in [1.54, 1.807) is 0 Å². The number of allylic oxidation sites excluding steroid dienone is 2. The van der Waals surface area contributed by atoms with Crippen molar-refractivity contribution in [2.75, 3.05) is 0 Å². The number of hydrogen-bond donors (Lipinski definition) is 0. The number of aromatic nitrogens is 6. The van der Waals surface area contributed by atoms with Gasteiger partial charge in [-0.3, -0.25) is 0 Å². The average Bonchev–Trinajstić information content (AvgIpc) is 3.74. The van der Waals surface area contributed by atoms with Gasteiger partial charge in [0.15, 0.2) is 0 Å². The van der Waals surface area contributed by atoms with Gasteiger partial charge in [0, 0.05) is 0 Å². The number of hydrogen-bond acceptors (Lipinski definition) is 4. The van der Waals surface area contributed by atoms with Crippen molar-refractivity contribution < 1.29 is 14.5 Å². The minimum absolute atomic E-state index is 0.219. The van der Waals surface area contributed by atoms with E-state index in [1.165, 1.54) is 0 Å². The predicted octanol–water partition coefficient (Wildman–Crippen LogP) is 7.44. The van der Waals surface area contributed by atoms with Crippen molar-refractivity contribution in [3.05, 3.63) is 119 Å². The molecule has 9 heteroatoms. The van der Waals surface area contributed by atoms with Crippen LogP contribution in [0, 0.1) is 0 Å². The molecule has 0 N–H and O–H groups in total. The van der Waals surface area contributed by atoms with Crippen molar-refractivity contribution in [3.8, 4) is 0 Å². The molecule has 8 rings (SSSR count). The summed E-state index contributed by atoms with van der Waals surface area (Å²) in [6.45, 7) is 0. The molecule has 0 spiro atoms. The minimum atomic E-state index is -4.02. The van der Waals surface area contributed by atoms with Crippen LogP contribution in [0.2, 0.25) is 0 Å². The van der Waals surface area contributed by atoms with Crippen LogP contribution in [0.3, 0.4) is 0 Å². The van der Waals surface area contributed by atoms with Crippen LogP contribution in [0.25, 0.3) is 45.6 Å². The second-order valence-electron chi connectivity index (χ2n) is 9.92. The average molecular weight is 583 g/mol. The summed E-state index contributed by atoms with van der Waals surface area (Å²) in [7, 11) is 15.8. The number of benzene rings is 4. The van der Waals surface area contributed by atoms with Crippen LogP contribution >= 0.6 is 18.6 Å². The van der Waals surface area contributed by atoms with E-state index >= 15 is 0 Å². The molecular formula is C30H20Cl2N6Ti. The maximum atomic E-state index is 7.88. The van der Waals surface area contributed by atoms with E-state index in [0.29, 0.717) is 0 Å². The summed E-state index contributed by atoms with van der Waals surface area (Å²) in [5.74, 6) is 0. The second kappa shape index (κ2) is 8.73. The monoisotopic (exact) mass is 582 g/mol. The zero-order valence-electron chi connectivity index (χ0n) is 20.5. The first kappa shape index (κ1) is 23.4. The molecule has 188 valence electrons. The molecule has 39 heavy (non-hydrogen) atoms. The van der Waals surface area contributed by atoms with Crippen molar-refractivity contribution in [3.63, 3.8) is 0 Å². The van der Waals surface area contributed by atoms with Gasteiger partial charge >= 0.3 is 236 Å². The van der Waals surface area contributed by atoms with Gasteiger partial charge < -0.3 is 0 Å². The SMILES string of the molecule is [Cl][Ti]([Cl])([CH]1C(n2nnc3ccccc32)=Cc2ccccc21)[CH]1C(n2nnc3ccccc32)=Cc2ccccc21. The van der Waals surface area contributed by atoms with Crippen molar-refractivity contribution in [2.45, 2.75) is 8.45 Å². The molecule has 2 atom stereocenters. The van der Waals surface area contributed by atoms with Gasteiger partial charge in [0.2, 0.25) is 0 Å². The van der Waals surface area contributed by atoms with E-state index in [1.807, 2.05) is 70.0 Å². The first-order valence-electron chi connectivity index (χ1n) is 12.7. The first-order chi connectivity index (χ1) is 19.1. The Hall–Kier alpha value is -3.55. The van der Waals surface area contributed by atoms with Crippen LogP contribution in [0.15, 0.2) is 97.1 Å². The van der Waals surface area contributed by atoms with E-state index in [2.05, 4.69) is 69.2 Å². The Kier molecular flexibility index (Phi) is 5.23. The summed E-state index contributed by atoms with van der Waals surface area (Å²) in [6.07, 6.45) is 4.34. The summed E-state index contributed by atoms with van der Waals surface area (Å²) < 4.78 is 3.40. The summed E-state index contributed by atoms with van der Waals surface area (Å²) in [5.41, 5.74) is 9.91. The fourth-order valence-corrected chi connectivity index (χ4v) is 14.4. The van der Waals surface area contributed by atoms with E-state index in [0.717, 1.165) is 55.7 Å². The fourth-order valence-electron chi connectivity index (χ4n) is 6.08.